The highest BCUT2D eigenvalue weighted by atomic mass is 35.5. The molecule has 0 unspecified atom stereocenters. The number of ether oxygens (including phenoxy) is 2. The first kappa shape index (κ1) is 18.8. The van der Waals surface area contributed by atoms with Crippen LogP contribution in [0.5, 0.6) is 11.5 Å². The molecule has 0 spiro atoms. The molecule has 3 rings (SSSR count). The molecule has 1 aliphatic heterocycles. The first-order valence-corrected chi connectivity index (χ1v) is 8.84. The Morgan fingerprint density at radius 2 is 1.89 bits per heavy atom. The summed E-state index contributed by atoms with van der Waals surface area (Å²) in [7, 11) is 0. The SMILES string of the molecule is CCOC(=O)C1=C(C)NC(=O)N[C@H]1c1cccc(Oc2ccc(Cl)cc2)c1. The molecule has 2 N–H and O–H groups in total. The maximum atomic E-state index is 12.4. The maximum Gasteiger partial charge on any atom is 0.338 e. The molecule has 0 fully saturated rings. The standard InChI is InChI=1S/C20H19ClN2O4/c1-3-26-19(24)17-12(2)22-20(25)23-18(17)13-5-4-6-16(11-13)27-15-9-7-14(21)8-10-15/h4-11,18H,3H2,1-2H3,(H2,22,23,25)/t18-/m0/s1. The molecule has 0 bridgehead atoms. The Morgan fingerprint density at radius 3 is 2.59 bits per heavy atom. The number of carbonyl (C=O) groups excluding carboxylic acids is 2. The van der Waals surface area contributed by atoms with Crippen molar-refractivity contribution in [1.82, 2.24) is 10.6 Å². The van der Waals surface area contributed by atoms with Crippen molar-refractivity contribution in [2.75, 3.05) is 6.61 Å². The maximum absolute atomic E-state index is 12.4. The number of esters is 1. The smallest absolute Gasteiger partial charge is 0.338 e. The quantitative estimate of drug-likeness (QED) is 0.750. The minimum absolute atomic E-state index is 0.246. The number of amides is 2. The van der Waals surface area contributed by atoms with Crippen LogP contribution >= 0.6 is 11.6 Å². The molecule has 6 nitrogen and oxygen atoms in total. The van der Waals surface area contributed by atoms with Gasteiger partial charge in [-0.1, -0.05) is 23.7 Å². The van der Waals surface area contributed by atoms with Gasteiger partial charge in [0.1, 0.15) is 11.5 Å². The minimum Gasteiger partial charge on any atom is -0.463 e. The molecule has 0 radical (unpaired) electrons. The predicted molar refractivity (Wildman–Crippen MR) is 102 cm³/mol. The summed E-state index contributed by atoms with van der Waals surface area (Å²) in [6.07, 6.45) is 0. The lowest BCUT2D eigenvalue weighted by molar-refractivity contribution is -0.139. The van der Waals surface area contributed by atoms with Crippen LogP contribution in [0.15, 0.2) is 59.8 Å². The van der Waals surface area contributed by atoms with Gasteiger partial charge in [0.15, 0.2) is 0 Å². The summed E-state index contributed by atoms with van der Waals surface area (Å²) < 4.78 is 11.0. The minimum atomic E-state index is -0.633. The van der Waals surface area contributed by atoms with E-state index in [1.807, 2.05) is 6.07 Å². The summed E-state index contributed by atoms with van der Waals surface area (Å²) in [4.78, 5) is 24.3. The summed E-state index contributed by atoms with van der Waals surface area (Å²) in [6.45, 7) is 3.65. The number of benzene rings is 2. The number of allylic oxidation sites excluding steroid dienone is 1. The molecule has 7 heteroatoms. The molecule has 2 amide bonds. The third kappa shape index (κ3) is 4.41. The fourth-order valence-electron chi connectivity index (χ4n) is 2.82. The number of hydrogen-bond acceptors (Lipinski definition) is 4. The van der Waals surface area contributed by atoms with E-state index in [1.54, 1.807) is 56.3 Å². The Balaban J connectivity index is 1.91. The fourth-order valence-corrected chi connectivity index (χ4v) is 2.95. The van der Waals surface area contributed by atoms with Crippen molar-refractivity contribution < 1.29 is 19.1 Å². The van der Waals surface area contributed by atoms with E-state index in [0.717, 1.165) is 0 Å². The molecule has 27 heavy (non-hydrogen) atoms. The van der Waals surface area contributed by atoms with Crippen LogP contribution in [0, 0.1) is 0 Å². The molecule has 0 aromatic heterocycles. The molecule has 2 aromatic carbocycles. The second-order valence-electron chi connectivity index (χ2n) is 5.92. The lowest BCUT2D eigenvalue weighted by atomic mass is 9.95. The molecule has 0 saturated heterocycles. The van der Waals surface area contributed by atoms with Crippen molar-refractivity contribution in [3.63, 3.8) is 0 Å². The normalized spacial score (nSPS) is 16.4. The third-order valence-electron chi connectivity index (χ3n) is 4.01. The molecule has 1 aliphatic rings. The van der Waals surface area contributed by atoms with Gasteiger partial charge >= 0.3 is 12.0 Å². The zero-order valence-electron chi connectivity index (χ0n) is 14.9. The Labute approximate surface area is 162 Å². The average molecular weight is 387 g/mol. The highest BCUT2D eigenvalue weighted by Gasteiger charge is 2.32. The first-order chi connectivity index (χ1) is 13.0. The molecule has 0 saturated carbocycles. The third-order valence-corrected chi connectivity index (χ3v) is 4.26. The fraction of sp³-hybridized carbons (Fsp3) is 0.200. The lowest BCUT2D eigenvalue weighted by Gasteiger charge is -2.28. The van der Waals surface area contributed by atoms with Gasteiger partial charge in [0.25, 0.3) is 0 Å². The van der Waals surface area contributed by atoms with Crippen LogP contribution in [-0.2, 0) is 9.53 Å². The molecule has 0 aliphatic carbocycles. The van der Waals surface area contributed by atoms with Gasteiger partial charge < -0.3 is 20.1 Å². The van der Waals surface area contributed by atoms with Crippen LogP contribution in [0.3, 0.4) is 0 Å². The van der Waals surface area contributed by atoms with Crippen molar-refractivity contribution >= 4 is 23.6 Å². The molecule has 2 aromatic rings. The van der Waals surface area contributed by atoms with Crippen molar-refractivity contribution in [3.8, 4) is 11.5 Å². The van der Waals surface area contributed by atoms with Gasteiger partial charge in [0.05, 0.1) is 18.2 Å². The van der Waals surface area contributed by atoms with E-state index in [2.05, 4.69) is 10.6 Å². The summed E-state index contributed by atoms with van der Waals surface area (Å²) in [5.41, 5.74) is 1.53. The van der Waals surface area contributed by atoms with E-state index >= 15 is 0 Å². The van der Waals surface area contributed by atoms with Gasteiger partial charge in [-0.25, -0.2) is 9.59 Å². The van der Waals surface area contributed by atoms with Gasteiger partial charge in [-0.05, 0) is 55.8 Å². The molecular formula is C20H19ClN2O4. The van der Waals surface area contributed by atoms with Crippen molar-refractivity contribution in [1.29, 1.82) is 0 Å². The van der Waals surface area contributed by atoms with E-state index in [4.69, 9.17) is 21.1 Å². The van der Waals surface area contributed by atoms with Crippen LogP contribution in [0.4, 0.5) is 4.79 Å². The van der Waals surface area contributed by atoms with Crippen LogP contribution in [0.2, 0.25) is 5.02 Å². The second kappa shape index (κ2) is 8.14. The first-order valence-electron chi connectivity index (χ1n) is 8.46. The Hall–Kier alpha value is -2.99. The Kier molecular flexibility index (Phi) is 5.66. The molecule has 140 valence electrons. The zero-order valence-corrected chi connectivity index (χ0v) is 15.7. The number of urea groups is 1. The van der Waals surface area contributed by atoms with E-state index in [1.165, 1.54) is 0 Å². The van der Waals surface area contributed by atoms with Gasteiger partial charge in [-0.2, -0.15) is 0 Å². The predicted octanol–water partition coefficient (Wildman–Crippen LogP) is 4.32. The van der Waals surface area contributed by atoms with Gasteiger partial charge in [0, 0.05) is 10.7 Å². The molecule has 1 atom stereocenters. The number of hydrogen-bond donors (Lipinski definition) is 2. The molecular weight excluding hydrogens is 368 g/mol. The van der Waals surface area contributed by atoms with Crippen LogP contribution in [0.25, 0.3) is 0 Å². The van der Waals surface area contributed by atoms with E-state index in [9.17, 15) is 9.59 Å². The molecule has 1 heterocycles. The number of carbonyl (C=O) groups is 2. The average Bonchev–Trinajstić information content (AvgIpc) is 2.63. The summed E-state index contributed by atoms with van der Waals surface area (Å²) in [5.74, 6) is 0.725. The van der Waals surface area contributed by atoms with Crippen molar-refractivity contribution in [2.24, 2.45) is 0 Å². The summed E-state index contributed by atoms with van der Waals surface area (Å²) >= 11 is 5.89. The van der Waals surface area contributed by atoms with E-state index < -0.39 is 12.0 Å². The van der Waals surface area contributed by atoms with Crippen molar-refractivity contribution in [2.45, 2.75) is 19.9 Å². The number of nitrogens with one attached hydrogen (secondary N) is 2. The van der Waals surface area contributed by atoms with Gasteiger partial charge in [0.2, 0.25) is 0 Å². The Morgan fingerprint density at radius 1 is 1.15 bits per heavy atom. The van der Waals surface area contributed by atoms with E-state index in [0.29, 0.717) is 33.4 Å². The topological polar surface area (TPSA) is 76.7 Å². The van der Waals surface area contributed by atoms with Crippen LogP contribution in [-0.4, -0.2) is 18.6 Å². The van der Waals surface area contributed by atoms with Gasteiger partial charge in [-0.15, -0.1) is 0 Å². The number of halogens is 1. The largest absolute Gasteiger partial charge is 0.463 e. The second-order valence-corrected chi connectivity index (χ2v) is 6.36. The highest BCUT2D eigenvalue weighted by molar-refractivity contribution is 6.30. The highest BCUT2D eigenvalue weighted by Crippen LogP contribution is 2.31. The van der Waals surface area contributed by atoms with Crippen LogP contribution < -0.4 is 15.4 Å². The Bertz CT molecular complexity index is 893. The van der Waals surface area contributed by atoms with Crippen LogP contribution in [0.1, 0.15) is 25.5 Å². The monoisotopic (exact) mass is 386 g/mol. The lowest BCUT2D eigenvalue weighted by Crippen LogP contribution is -2.45. The summed E-state index contributed by atoms with van der Waals surface area (Å²) in [5, 5.41) is 6.00. The van der Waals surface area contributed by atoms with Gasteiger partial charge in [-0.3, -0.25) is 0 Å². The van der Waals surface area contributed by atoms with E-state index in [-0.39, 0.29) is 12.6 Å². The van der Waals surface area contributed by atoms with Crippen molar-refractivity contribution in [3.05, 3.63) is 70.4 Å². The number of rotatable bonds is 5. The summed E-state index contributed by atoms with van der Waals surface area (Å²) in [6, 6.07) is 13.2. The zero-order chi connectivity index (χ0) is 19.4.